The molecule has 0 rings (SSSR count). The highest BCUT2D eigenvalue weighted by Crippen LogP contribution is 2.39. The normalized spacial score (nSPS) is 15.5. The molecule has 176 valence electrons. The summed E-state index contributed by atoms with van der Waals surface area (Å²) in [4.78, 5) is 23.4. The van der Waals surface area contributed by atoms with Crippen LogP contribution < -0.4 is 5.32 Å². The van der Waals surface area contributed by atoms with E-state index in [9.17, 15) is 57.7 Å². The third-order valence-electron chi connectivity index (χ3n) is 2.98. The van der Waals surface area contributed by atoms with Crippen LogP contribution in [0.15, 0.2) is 12.2 Å². The number of halogens is 8. The fourth-order valence-corrected chi connectivity index (χ4v) is 1.59. The van der Waals surface area contributed by atoms with Gasteiger partial charge in [-0.15, -0.1) is 0 Å². The monoisotopic (exact) mass is 480 g/mol. The van der Waals surface area contributed by atoms with Crippen molar-refractivity contribution in [1.82, 2.24) is 5.32 Å². The van der Waals surface area contributed by atoms with Crippen LogP contribution in [0.1, 0.15) is 13.8 Å². The predicted molar refractivity (Wildman–Crippen MR) is 78.5 cm³/mol. The number of esters is 1. The van der Waals surface area contributed by atoms with Crippen molar-refractivity contribution in [1.29, 1.82) is 0 Å². The molecule has 0 spiro atoms. The maximum atomic E-state index is 13.5. The summed E-state index contributed by atoms with van der Waals surface area (Å²) in [5.41, 5.74) is -2.57. The highest BCUT2D eigenvalue weighted by Gasteiger charge is 2.68. The smallest absolute Gasteiger partial charge is 0.466 e. The largest absolute Gasteiger partial charge is 0.743 e. The van der Waals surface area contributed by atoms with E-state index in [0.717, 1.165) is 0 Å². The summed E-state index contributed by atoms with van der Waals surface area (Å²) in [5.74, 6) is -11.3. The second-order valence-electron chi connectivity index (χ2n) is 5.96. The summed E-state index contributed by atoms with van der Waals surface area (Å²) in [6.45, 7) is 1.19. The van der Waals surface area contributed by atoms with Gasteiger partial charge in [0.05, 0.1) is 0 Å². The fourth-order valence-electron chi connectivity index (χ4n) is 1.39. The molecule has 1 amide bonds. The molecule has 0 fully saturated rings. The molecule has 17 heteroatoms. The van der Waals surface area contributed by atoms with E-state index in [1.54, 1.807) is 0 Å². The van der Waals surface area contributed by atoms with Crippen molar-refractivity contribution in [2.75, 3.05) is 13.2 Å². The Morgan fingerprint density at radius 3 is 1.87 bits per heavy atom. The first kappa shape index (κ1) is 28.0. The molecule has 0 aliphatic heterocycles. The van der Waals surface area contributed by atoms with Gasteiger partial charge >= 0.3 is 35.3 Å². The Morgan fingerprint density at radius 2 is 1.53 bits per heavy atom. The average molecular weight is 480 g/mol. The number of carbonyl (C=O) groups excluding carboxylic acids is 2. The van der Waals surface area contributed by atoms with Crippen LogP contribution in [0.5, 0.6) is 0 Å². The Kier molecular flexibility index (Phi) is 8.40. The summed E-state index contributed by atoms with van der Waals surface area (Å²) >= 11 is 0. The molecule has 0 saturated heterocycles. The molecule has 1 atom stereocenters. The lowest BCUT2D eigenvalue weighted by molar-refractivity contribution is -0.353. The highest BCUT2D eigenvalue weighted by molar-refractivity contribution is 7.86. The van der Waals surface area contributed by atoms with E-state index in [2.05, 4.69) is 16.1 Å². The lowest BCUT2D eigenvalue weighted by atomic mass is 10.2. The molecule has 30 heavy (non-hydrogen) atoms. The fraction of sp³-hybridized carbons (Fsp3) is 0.692. The van der Waals surface area contributed by atoms with Gasteiger partial charge in [0.2, 0.25) is 0 Å². The Morgan fingerprint density at radius 1 is 1.07 bits per heavy atom. The number of alkyl halides is 8. The van der Waals surface area contributed by atoms with Crippen molar-refractivity contribution in [3.8, 4) is 0 Å². The molecule has 0 aromatic heterocycles. The molecule has 1 N–H and O–H groups in total. The van der Waals surface area contributed by atoms with Crippen molar-refractivity contribution < 1.29 is 67.2 Å². The highest BCUT2D eigenvalue weighted by atomic mass is 32.2. The van der Waals surface area contributed by atoms with Crippen LogP contribution in [-0.2, 0) is 29.2 Å². The topological polar surface area (TPSA) is 122 Å². The van der Waals surface area contributed by atoms with Crippen LogP contribution in [0.25, 0.3) is 0 Å². The number of amides is 1. The number of nitrogens with one attached hydrogen (secondary N) is 1. The Hall–Kier alpha value is -2.01. The maximum Gasteiger partial charge on any atom is 0.466 e. The maximum absolute atomic E-state index is 13.5. The van der Waals surface area contributed by atoms with E-state index in [4.69, 9.17) is 0 Å². The summed E-state index contributed by atoms with van der Waals surface area (Å²) in [5, 5.41) is -4.13. The van der Waals surface area contributed by atoms with Crippen LogP contribution in [0, 0.1) is 5.92 Å². The van der Waals surface area contributed by atoms with E-state index in [0.29, 0.717) is 0 Å². The minimum absolute atomic E-state index is 0.593. The molecule has 0 heterocycles. The van der Waals surface area contributed by atoms with Crippen molar-refractivity contribution in [3.63, 3.8) is 0 Å². The van der Waals surface area contributed by atoms with Gasteiger partial charge in [-0.1, -0.05) is 20.4 Å². The van der Waals surface area contributed by atoms with Gasteiger partial charge in [-0.3, -0.25) is 4.79 Å². The molecule has 0 radical (unpaired) electrons. The molecular formula is C13H14F8NO7S-. The molecule has 0 aliphatic carbocycles. The van der Waals surface area contributed by atoms with Crippen LogP contribution in [0.4, 0.5) is 35.1 Å². The Balaban J connectivity index is 6.32. The van der Waals surface area contributed by atoms with Gasteiger partial charge in [-0.05, 0) is 5.92 Å². The van der Waals surface area contributed by atoms with E-state index >= 15 is 0 Å². The molecule has 0 aliphatic rings. The molecule has 0 aromatic rings. The first-order chi connectivity index (χ1) is 13.1. The zero-order valence-electron chi connectivity index (χ0n) is 15.0. The van der Waals surface area contributed by atoms with Crippen LogP contribution in [-0.4, -0.2) is 61.4 Å². The Bertz CT molecular complexity index is 775. The van der Waals surface area contributed by atoms with E-state index in [1.807, 2.05) is 0 Å². The van der Waals surface area contributed by atoms with Crippen molar-refractivity contribution in [2.24, 2.45) is 5.92 Å². The van der Waals surface area contributed by atoms with Gasteiger partial charge in [0, 0.05) is 6.54 Å². The molecule has 0 saturated carbocycles. The standard InChI is InChI=1S/C13H15F8NO7S/c1-6(2)4-22-9(24)11(13(19,20)21,28-5-10(14,15)30(25,26)27)29-8(23)7(3)12(16,17)18/h6H,3-5H2,1-2H3,(H,22,24)(H,25,26,27)/p-1. The molecular weight excluding hydrogens is 466 g/mol. The number of hydrogen-bond donors (Lipinski definition) is 1. The number of hydrogen-bond acceptors (Lipinski definition) is 7. The first-order valence-corrected chi connectivity index (χ1v) is 8.81. The van der Waals surface area contributed by atoms with E-state index in [-0.39, 0.29) is 0 Å². The Labute approximate surface area is 163 Å². The number of carbonyl (C=O) groups is 2. The predicted octanol–water partition coefficient (Wildman–Crippen LogP) is 1.83. The summed E-state index contributed by atoms with van der Waals surface area (Å²) in [6, 6.07) is 0. The minimum Gasteiger partial charge on any atom is -0.743 e. The lowest BCUT2D eigenvalue weighted by Crippen LogP contribution is -2.63. The van der Waals surface area contributed by atoms with E-state index in [1.165, 1.54) is 19.2 Å². The summed E-state index contributed by atoms with van der Waals surface area (Å²) < 4.78 is 143. The zero-order valence-corrected chi connectivity index (χ0v) is 15.8. The first-order valence-electron chi connectivity index (χ1n) is 7.40. The van der Waals surface area contributed by atoms with Crippen molar-refractivity contribution in [3.05, 3.63) is 12.2 Å². The molecule has 0 bridgehead atoms. The van der Waals surface area contributed by atoms with Gasteiger partial charge in [0.15, 0.2) is 10.1 Å². The zero-order chi connectivity index (χ0) is 24.3. The third-order valence-corrected chi connectivity index (χ3v) is 3.83. The summed E-state index contributed by atoms with van der Waals surface area (Å²) in [7, 11) is -6.64. The quantitative estimate of drug-likeness (QED) is 0.176. The van der Waals surface area contributed by atoms with Gasteiger partial charge in [0.25, 0.3) is 0 Å². The van der Waals surface area contributed by atoms with Crippen LogP contribution in [0.2, 0.25) is 0 Å². The average Bonchev–Trinajstić information content (AvgIpc) is 2.52. The second kappa shape index (κ2) is 9.01. The van der Waals surface area contributed by atoms with Gasteiger partial charge in [0.1, 0.15) is 12.2 Å². The second-order valence-corrected chi connectivity index (χ2v) is 7.47. The lowest BCUT2D eigenvalue weighted by Gasteiger charge is -2.34. The van der Waals surface area contributed by atoms with Crippen LogP contribution >= 0.6 is 0 Å². The van der Waals surface area contributed by atoms with Crippen molar-refractivity contribution >= 4 is 22.0 Å². The number of ether oxygens (including phenoxy) is 2. The molecule has 8 nitrogen and oxygen atoms in total. The molecule has 0 aromatic carbocycles. The van der Waals surface area contributed by atoms with Gasteiger partial charge in [-0.25, -0.2) is 13.2 Å². The van der Waals surface area contributed by atoms with E-state index < -0.39 is 70.0 Å². The van der Waals surface area contributed by atoms with Gasteiger partial charge < -0.3 is 19.3 Å². The SMILES string of the molecule is C=C(C(=O)OC(OCC(F)(F)S(=O)(=O)[O-])(C(=O)NCC(C)C)C(F)(F)F)C(F)(F)F. The van der Waals surface area contributed by atoms with Gasteiger partial charge in [-0.2, -0.15) is 35.1 Å². The molecule has 1 unspecified atom stereocenters. The third kappa shape index (κ3) is 6.76. The summed E-state index contributed by atoms with van der Waals surface area (Å²) in [6.07, 6.45) is -12.0. The minimum atomic E-state index is -6.64. The van der Waals surface area contributed by atoms with Crippen molar-refractivity contribution in [2.45, 2.75) is 37.2 Å². The number of rotatable bonds is 9. The van der Waals surface area contributed by atoms with Crippen LogP contribution in [0.3, 0.4) is 0 Å².